The van der Waals surface area contributed by atoms with Gasteiger partial charge in [0, 0.05) is 18.0 Å². The molecule has 0 amide bonds. The Balaban J connectivity index is 1.77. The zero-order valence-electron chi connectivity index (χ0n) is 13.4. The summed E-state index contributed by atoms with van der Waals surface area (Å²) < 4.78 is 5.40. The SMILES string of the molecule is CCCOc1ncc(-c2ccc(-c3ccc(C#N)cc3)cc2)cn1. The molecular weight excluding hydrogens is 298 g/mol. The summed E-state index contributed by atoms with van der Waals surface area (Å²) >= 11 is 0. The number of rotatable bonds is 5. The van der Waals surface area contributed by atoms with Crippen LogP contribution in [-0.4, -0.2) is 16.6 Å². The maximum absolute atomic E-state index is 8.86. The van der Waals surface area contributed by atoms with Gasteiger partial charge in [-0.15, -0.1) is 0 Å². The number of benzene rings is 2. The summed E-state index contributed by atoms with van der Waals surface area (Å²) in [6.45, 7) is 2.67. The highest BCUT2D eigenvalue weighted by Crippen LogP contribution is 2.24. The Kier molecular flexibility index (Phi) is 4.83. The van der Waals surface area contributed by atoms with Crippen molar-refractivity contribution >= 4 is 0 Å². The third-order valence-corrected chi connectivity index (χ3v) is 3.63. The normalized spacial score (nSPS) is 10.2. The molecule has 4 heteroatoms. The summed E-state index contributed by atoms with van der Waals surface area (Å²) in [7, 11) is 0. The molecule has 0 fully saturated rings. The van der Waals surface area contributed by atoms with E-state index in [1.54, 1.807) is 12.4 Å². The molecule has 0 radical (unpaired) electrons. The smallest absolute Gasteiger partial charge is 0.316 e. The summed E-state index contributed by atoms with van der Waals surface area (Å²) in [4.78, 5) is 8.46. The molecule has 0 aliphatic rings. The fourth-order valence-corrected chi connectivity index (χ4v) is 2.33. The number of hydrogen-bond acceptors (Lipinski definition) is 4. The van der Waals surface area contributed by atoms with Gasteiger partial charge in [0.1, 0.15) is 0 Å². The Morgan fingerprint density at radius 2 is 1.33 bits per heavy atom. The topological polar surface area (TPSA) is 58.8 Å². The molecule has 1 heterocycles. The average Bonchev–Trinajstić information content (AvgIpc) is 2.67. The molecule has 0 unspecified atom stereocenters. The van der Waals surface area contributed by atoms with Crippen molar-refractivity contribution in [3.63, 3.8) is 0 Å². The fourth-order valence-electron chi connectivity index (χ4n) is 2.33. The first kappa shape index (κ1) is 15.7. The van der Waals surface area contributed by atoms with E-state index in [9.17, 15) is 0 Å². The van der Waals surface area contributed by atoms with Gasteiger partial charge in [0.15, 0.2) is 0 Å². The Morgan fingerprint density at radius 1 is 0.833 bits per heavy atom. The maximum atomic E-state index is 8.86. The predicted molar refractivity (Wildman–Crippen MR) is 93.4 cm³/mol. The summed E-state index contributed by atoms with van der Waals surface area (Å²) in [5, 5.41) is 8.86. The molecule has 0 saturated heterocycles. The van der Waals surface area contributed by atoms with Crippen molar-refractivity contribution in [2.75, 3.05) is 6.61 Å². The highest BCUT2D eigenvalue weighted by atomic mass is 16.5. The van der Waals surface area contributed by atoms with Crippen LogP contribution in [-0.2, 0) is 0 Å². The minimum Gasteiger partial charge on any atom is -0.463 e. The molecule has 1 aromatic heterocycles. The Hall–Kier alpha value is -3.19. The molecule has 0 bridgehead atoms. The highest BCUT2D eigenvalue weighted by Gasteiger charge is 2.03. The van der Waals surface area contributed by atoms with Crippen molar-refractivity contribution in [1.29, 1.82) is 5.26 Å². The van der Waals surface area contributed by atoms with Gasteiger partial charge in [-0.2, -0.15) is 5.26 Å². The molecule has 0 saturated carbocycles. The predicted octanol–water partition coefficient (Wildman–Crippen LogP) is 4.47. The zero-order chi connectivity index (χ0) is 16.8. The first-order valence-corrected chi connectivity index (χ1v) is 7.86. The van der Waals surface area contributed by atoms with Gasteiger partial charge in [-0.1, -0.05) is 43.3 Å². The van der Waals surface area contributed by atoms with E-state index in [1.165, 1.54) is 0 Å². The van der Waals surface area contributed by atoms with Gasteiger partial charge in [0.25, 0.3) is 0 Å². The first-order valence-electron chi connectivity index (χ1n) is 7.86. The summed E-state index contributed by atoms with van der Waals surface area (Å²) in [6, 6.07) is 18.3. The lowest BCUT2D eigenvalue weighted by atomic mass is 10.0. The average molecular weight is 315 g/mol. The second-order valence-corrected chi connectivity index (χ2v) is 5.37. The van der Waals surface area contributed by atoms with E-state index in [1.807, 2.05) is 43.3 Å². The van der Waals surface area contributed by atoms with Crippen molar-refractivity contribution in [2.24, 2.45) is 0 Å². The molecule has 0 atom stereocenters. The second-order valence-electron chi connectivity index (χ2n) is 5.37. The van der Waals surface area contributed by atoms with E-state index in [0.717, 1.165) is 28.7 Å². The zero-order valence-corrected chi connectivity index (χ0v) is 13.4. The third-order valence-electron chi connectivity index (χ3n) is 3.63. The lowest BCUT2D eigenvalue weighted by Gasteiger charge is -2.06. The molecule has 0 aliphatic heterocycles. The van der Waals surface area contributed by atoms with Crippen LogP contribution >= 0.6 is 0 Å². The van der Waals surface area contributed by atoms with Crippen LogP contribution in [0, 0.1) is 11.3 Å². The quantitative estimate of drug-likeness (QED) is 0.697. The number of ether oxygens (including phenoxy) is 1. The molecule has 0 spiro atoms. The Bertz CT molecular complexity index is 832. The lowest BCUT2D eigenvalue weighted by Crippen LogP contribution is -1.99. The molecule has 2 aromatic carbocycles. The van der Waals surface area contributed by atoms with Gasteiger partial charge in [-0.3, -0.25) is 0 Å². The van der Waals surface area contributed by atoms with E-state index in [0.29, 0.717) is 18.2 Å². The second kappa shape index (κ2) is 7.38. The largest absolute Gasteiger partial charge is 0.463 e. The van der Waals surface area contributed by atoms with E-state index < -0.39 is 0 Å². The first-order chi connectivity index (χ1) is 11.8. The van der Waals surface area contributed by atoms with E-state index in [4.69, 9.17) is 10.00 Å². The van der Waals surface area contributed by atoms with Crippen LogP contribution < -0.4 is 4.74 Å². The van der Waals surface area contributed by atoms with Gasteiger partial charge < -0.3 is 4.74 Å². The minimum atomic E-state index is 0.412. The van der Waals surface area contributed by atoms with Gasteiger partial charge in [-0.25, -0.2) is 9.97 Å². The van der Waals surface area contributed by atoms with Crippen LogP contribution in [0.3, 0.4) is 0 Å². The van der Waals surface area contributed by atoms with Crippen LogP contribution in [0.15, 0.2) is 60.9 Å². The number of aromatic nitrogens is 2. The van der Waals surface area contributed by atoms with E-state index >= 15 is 0 Å². The molecule has 0 aliphatic carbocycles. The van der Waals surface area contributed by atoms with E-state index in [2.05, 4.69) is 28.2 Å². The summed E-state index contributed by atoms with van der Waals surface area (Å²) in [5.41, 5.74) is 4.85. The molecular formula is C20H17N3O. The third kappa shape index (κ3) is 3.58. The standard InChI is InChI=1S/C20H17N3O/c1-2-11-24-20-22-13-19(14-23-20)18-9-7-17(8-10-18)16-5-3-15(12-21)4-6-16/h3-10,13-14H,2,11H2,1H3. The number of nitrogens with zero attached hydrogens (tertiary/aromatic N) is 3. The van der Waals surface area contributed by atoms with Crippen LogP contribution in [0.5, 0.6) is 6.01 Å². The van der Waals surface area contributed by atoms with Crippen LogP contribution in [0.2, 0.25) is 0 Å². The van der Waals surface area contributed by atoms with Crippen molar-refractivity contribution in [1.82, 2.24) is 9.97 Å². The number of hydrogen-bond donors (Lipinski definition) is 0. The highest BCUT2D eigenvalue weighted by molar-refractivity contribution is 5.70. The van der Waals surface area contributed by atoms with Gasteiger partial charge >= 0.3 is 6.01 Å². The monoisotopic (exact) mass is 315 g/mol. The van der Waals surface area contributed by atoms with Crippen molar-refractivity contribution in [3.8, 4) is 34.3 Å². The van der Waals surface area contributed by atoms with Crippen molar-refractivity contribution in [3.05, 3.63) is 66.5 Å². The molecule has 118 valence electrons. The van der Waals surface area contributed by atoms with Crippen LogP contribution in [0.4, 0.5) is 0 Å². The Labute approximate surface area is 141 Å². The summed E-state index contributed by atoms with van der Waals surface area (Å²) in [6.07, 6.45) is 4.48. The van der Waals surface area contributed by atoms with Gasteiger partial charge in [-0.05, 0) is 35.2 Å². The molecule has 0 N–H and O–H groups in total. The number of nitriles is 1. The van der Waals surface area contributed by atoms with Crippen molar-refractivity contribution < 1.29 is 4.74 Å². The van der Waals surface area contributed by atoms with Crippen LogP contribution in [0.1, 0.15) is 18.9 Å². The van der Waals surface area contributed by atoms with Crippen molar-refractivity contribution in [2.45, 2.75) is 13.3 Å². The van der Waals surface area contributed by atoms with Crippen LogP contribution in [0.25, 0.3) is 22.3 Å². The van der Waals surface area contributed by atoms with E-state index in [-0.39, 0.29) is 0 Å². The molecule has 24 heavy (non-hydrogen) atoms. The summed E-state index contributed by atoms with van der Waals surface area (Å²) in [5.74, 6) is 0. The molecule has 3 rings (SSSR count). The molecule has 4 nitrogen and oxygen atoms in total. The lowest BCUT2D eigenvalue weighted by molar-refractivity contribution is 0.292. The molecule has 3 aromatic rings. The minimum absolute atomic E-state index is 0.412. The van der Waals surface area contributed by atoms with Gasteiger partial charge in [0.05, 0.1) is 18.2 Å². The fraction of sp³-hybridized carbons (Fsp3) is 0.150. The maximum Gasteiger partial charge on any atom is 0.316 e. The Morgan fingerprint density at radius 3 is 1.83 bits per heavy atom. The van der Waals surface area contributed by atoms with Gasteiger partial charge in [0.2, 0.25) is 0 Å².